The van der Waals surface area contributed by atoms with E-state index in [0.29, 0.717) is 22.3 Å². The Labute approximate surface area is 141 Å². The van der Waals surface area contributed by atoms with Crippen LogP contribution in [0.3, 0.4) is 0 Å². The Bertz CT molecular complexity index is 784. The molecule has 0 amide bonds. The van der Waals surface area contributed by atoms with E-state index in [1.165, 1.54) is 16.2 Å². The Morgan fingerprint density at radius 1 is 1.42 bits per heavy atom. The normalized spacial score (nSPS) is 11.1. The summed E-state index contributed by atoms with van der Waals surface area (Å²) in [6.07, 6.45) is 1.61. The van der Waals surface area contributed by atoms with Crippen molar-refractivity contribution in [3.63, 3.8) is 0 Å². The zero-order chi connectivity index (χ0) is 17.5. The van der Waals surface area contributed by atoms with Crippen molar-refractivity contribution in [1.82, 2.24) is 9.88 Å². The van der Waals surface area contributed by atoms with Gasteiger partial charge in [0.05, 0.1) is 13.2 Å². The molecule has 11 heteroatoms. The second kappa shape index (κ2) is 7.95. The van der Waals surface area contributed by atoms with Gasteiger partial charge in [-0.25, -0.2) is 4.98 Å². The molecule has 2 rings (SSSR count). The number of guanidine groups is 2. The Morgan fingerprint density at radius 3 is 2.88 bits per heavy atom. The van der Waals surface area contributed by atoms with E-state index in [2.05, 4.69) is 15.0 Å². The average Bonchev–Trinajstić information content (AvgIpc) is 3.15. The average molecular weight is 348 g/mol. The van der Waals surface area contributed by atoms with Gasteiger partial charge in [-0.15, -0.1) is 16.3 Å². The van der Waals surface area contributed by atoms with E-state index in [0.717, 1.165) is 0 Å². The molecule has 2 heterocycles. The van der Waals surface area contributed by atoms with Crippen molar-refractivity contribution in [2.75, 3.05) is 13.2 Å². The van der Waals surface area contributed by atoms with Crippen LogP contribution in [0.4, 0.5) is 5.13 Å². The smallest absolute Gasteiger partial charge is 0.212 e. The summed E-state index contributed by atoms with van der Waals surface area (Å²) in [5.41, 5.74) is 16.9. The molecule has 0 radical (unpaired) electrons. The molecule has 0 atom stereocenters. The number of nitriles is 1. The highest BCUT2D eigenvalue weighted by atomic mass is 32.1. The molecule has 2 aromatic heterocycles. The number of furan rings is 1. The van der Waals surface area contributed by atoms with Gasteiger partial charge >= 0.3 is 0 Å². The molecule has 24 heavy (non-hydrogen) atoms. The standard InChI is InChI=1S/C13H16N8O2S/c14-7-18-12(17)21(3-4-22)5-8-1-2-10(23-8)9-6-24-13(19-9)20-11(15)16/h1-2,6,22H,3-5H2,(H2,17,18)(H4,15,16,19,20). The number of aliphatic hydroxyl groups is 1. The van der Waals surface area contributed by atoms with Gasteiger partial charge in [0.15, 0.2) is 11.7 Å². The van der Waals surface area contributed by atoms with Gasteiger partial charge in [0.1, 0.15) is 11.5 Å². The maximum absolute atomic E-state index is 9.08. The number of aromatic nitrogens is 1. The minimum absolute atomic E-state index is 0.00760. The molecule has 0 fully saturated rings. The summed E-state index contributed by atoms with van der Waals surface area (Å²) in [5.74, 6) is 1.06. The Hall–Kier alpha value is -3.10. The Balaban J connectivity index is 2.15. The molecular weight excluding hydrogens is 332 g/mol. The third kappa shape index (κ3) is 4.45. The van der Waals surface area contributed by atoms with Crippen LogP contribution in [0.5, 0.6) is 0 Å². The minimum Gasteiger partial charge on any atom is -0.458 e. The molecule has 0 unspecified atom stereocenters. The molecule has 0 saturated carbocycles. The zero-order valence-corrected chi connectivity index (χ0v) is 13.4. The number of aliphatic hydroxyl groups excluding tert-OH is 1. The largest absolute Gasteiger partial charge is 0.458 e. The van der Waals surface area contributed by atoms with E-state index < -0.39 is 0 Å². The van der Waals surface area contributed by atoms with Crippen LogP contribution < -0.4 is 17.2 Å². The molecule has 0 aliphatic rings. The van der Waals surface area contributed by atoms with Crippen LogP contribution >= 0.6 is 11.3 Å². The maximum atomic E-state index is 9.08. The lowest BCUT2D eigenvalue weighted by atomic mass is 10.3. The van der Waals surface area contributed by atoms with Gasteiger partial charge in [0.2, 0.25) is 17.3 Å². The van der Waals surface area contributed by atoms with Crippen LogP contribution in [-0.4, -0.2) is 40.1 Å². The summed E-state index contributed by atoms with van der Waals surface area (Å²) >= 11 is 1.28. The molecule has 0 aromatic carbocycles. The molecule has 0 saturated heterocycles. The molecule has 0 aliphatic heterocycles. The van der Waals surface area contributed by atoms with Gasteiger partial charge in [-0.05, 0) is 12.1 Å². The molecule has 2 aromatic rings. The molecule has 0 aliphatic carbocycles. The molecule has 0 spiro atoms. The molecular formula is C13H16N8O2S. The number of rotatable bonds is 6. The molecule has 10 nitrogen and oxygen atoms in total. The number of nitrogens with zero attached hydrogens (tertiary/aromatic N) is 5. The first-order chi connectivity index (χ1) is 11.5. The topological polar surface area (TPSA) is 176 Å². The van der Waals surface area contributed by atoms with Crippen LogP contribution in [0.1, 0.15) is 5.76 Å². The summed E-state index contributed by atoms with van der Waals surface area (Å²) in [7, 11) is 0. The third-order valence-electron chi connectivity index (χ3n) is 2.84. The van der Waals surface area contributed by atoms with Crippen LogP contribution in [0.2, 0.25) is 0 Å². The van der Waals surface area contributed by atoms with E-state index in [4.69, 9.17) is 32.0 Å². The summed E-state index contributed by atoms with van der Waals surface area (Å²) < 4.78 is 5.71. The van der Waals surface area contributed by atoms with Gasteiger partial charge in [-0.2, -0.15) is 10.3 Å². The third-order valence-corrected chi connectivity index (χ3v) is 3.57. The summed E-state index contributed by atoms with van der Waals surface area (Å²) in [5, 5.41) is 19.8. The van der Waals surface area contributed by atoms with Crippen molar-refractivity contribution >= 4 is 28.4 Å². The van der Waals surface area contributed by atoms with Crippen molar-refractivity contribution in [3.8, 4) is 17.6 Å². The molecule has 0 bridgehead atoms. The summed E-state index contributed by atoms with van der Waals surface area (Å²) in [6.45, 7) is 0.337. The van der Waals surface area contributed by atoms with Gasteiger partial charge in [0, 0.05) is 11.9 Å². The quantitative estimate of drug-likeness (QED) is 0.317. The second-order valence-electron chi connectivity index (χ2n) is 4.53. The van der Waals surface area contributed by atoms with Crippen LogP contribution in [-0.2, 0) is 6.54 Å². The summed E-state index contributed by atoms with van der Waals surface area (Å²) in [4.78, 5) is 13.1. The second-order valence-corrected chi connectivity index (χ2v) is 5.37. The van der Waals surface area contributed by atoms with Gasteiger partial charge in [-0.1, -0.05) is 0 Å². The predicted octanol–water partition coefficient (Wildman–Crippen LogP) is -0.102. The predicted molar refractivity (Wildman–Crippen MR) is 90.0 cm³/mol. The van der Waals surface area contributed by atoms with Crippen molar-refractivity contribution in [2.45, 2.75) is 6.54 Å². The Morgan fingerprint density at radius 2 is 2.21 bits per heavy atom. The number of thiazole rings is 1. The number of nitrogens with two attached hydrogens (primary N) is 3. The lowest BCUT2D eigenvalue weighted by Gasteiger charge is -2.20. The maximum Gasteiger partial charge on any atom is 0.212 e. The number of hydrogen-bond acceptors (Lipinski definition) is 7. The first kappa shape index (κ1) is 17.3. The fourth-order valence-corrected chi connectivity index (χ4v) is 2.54. The number of hydrogen-bond donors (Lipinski definition) is 4. The van der Waals surface area contributed by atoms with E-state index in [1.54, 1.807) is 23.7 Å². The molecule has 7 N–H and O–H groups in total. The van der Waals surface area contributed by atoms with Crippen molar-refractivity contribution in [2.24, 2.45) is 27.2 Å². The minimum atomic E-state index is -0.136. The van der Waals surface area contributed by atoms with E-state index in [-0.39, 0.29) is 31.6 Å². The molecule has 126 valence electrons. The van der Waals surface area contributed by atoms with Crippen molar-refractivity contribution in [3.05, 3.63) is 23.3 Å². The Kier molecular flexibility index (Phi) is 5.72. The van der Waals surface area contributed by atoms with Gasteiger partial charge in [-0.3, -0.25) is 0 Å². The first-order valence-corrected chi connectivity index (χ1v) is 7.63. The SMILES string of the molecule is N#CN=C(N)N(CCO)Cc1ccc(-c2csc(N=C(N)N)n2)o1. The fourth-order valence-electron chi connectivity index (χ4n) is 1.85. The van der Waals surface area contributed by atoms with Crippen molar-refractivity contribution in [1.29, 1.82) is 5.26 Å². The highest BCUT2D eigenvalue weighted by Crippen LogP contribution is 2.28. The van der Waals surface area contributed by atoms with E-state index in [9.17, 15) is 0 Å². The van der Waals surface area contributed by atoms with Gasteiger partial charge in [0.25, 0.3) is 0 Å². The zero-order valence-electron chi connectivity index (χ0n) is 12.6. The van der Waals surface area contributed by atoms with Gasteiger partial charge < -0.3 is 31.6 Å². The fraction of sp³-hybridized carbons (Fsp3) is 0.231. The van der Waals surface area contributed by atoms with Crippen LogP contribution in [0.15, 0.2) is 31.9 Å². The highest BCUT2D eigenvalue weighted by molar-refractivity contribution is 7.13. The monoisotopic (exact) mass is 348 g/mol. The van der Waals surface area contributed by atoms with E-state index >= 15 is 0 Å². The van der Waals surface area contributed by atoms with E-state index in [1.807, 2.05) is 0 Å². The highest BCUT2D eigenvalue weighted by Gasteiger charge is 2.13. The summed E-state index contributed by atoms with van der Waals surface area (Å²) in [6, 6.07) is 3.50. The lowest BCUT2D eigenvalue weighted by molar-refractivity contribution is 0.238. The number of aliphatic imine (C=N–C) groups is 2. The van der Waals surface area contributed by atoms with Crippen LogP contribution in [0, 0.1) is 11.5 Å². The lowest BCUT2D eigenvalue weighted by Crippen LogP contribution is -2.38. The van der Waals surface area contributed by atoms with Crippen molar-refractivity contribution < 1.29 is 9.52 Å². The van der Waals surface area contributed by atoms with Crippen LogP contribution in [0.25, 0.3) is 11.5 Å². The first-order valence-electron chi connectivity index (χ1n) is 6.75.